The van der Waals surface area contributed by atoms with Crippen molar-refractivity contribution in [3.05, 3.63) is 28.2 Å². The van der Waals surface area contributed by atoms with Crippen molar-refractivity contribution >= 4 is 28.9 Å². The van der Waals surface area contributed by atoms with Crippen molar-refractivity contribution < 1.29 is 0 Å². The number of likely N-dealkylation sites (tertiary alicyclic amines) is 1. The second kappa shape index (κ2) is 5.64. The molecule has 1 saturated heterocycles. The highest BCUT2D eigenvalue weighted by Crippen LogP contribution is 2.40. The predicted octanol–water partition coefficient (Wildman–Crippen LogP) is 5.08. The number of anilines is 1. The fourth-order valence-corrected chi connectivity index (χ4v) is 3.80. The Kier molecular flexibility index (Phi) is 4.55. The van der Waals surface area contributed by atoms with Gasteiger partial charge in [-0.1, -0.05) is 23.2 Å². The molecule has 0 saturated carbocycles. The molecule has 1 aromatic carbocycles. The van der Waals surface area contributed by atoms with Gasteiger partial charge in [-0.3, -0.25) is 4.90 Å². The van der Waals surface area contributed by atoms with Crippen LogP contribution in [0.5, 0.6) is 0 Å². The second-order valence-corrected chi connectivity index (χ2v) is 8.27. The summed E-state index contributed by atoms with van der Waals surface area (Å²) in [6.45, 7) is 9.29. The first-order valence-corrected chi connectivity index (χ1v) is 8.22. The summed E-state index contributed by atoms with van der Waals surface area (Å²) in [4.78, 5) is 4.85. The second-order valence-electron chi connectivity index (χ2n) is 7.46. The van der Waals surface area contributed by atoms with Crippen molar-refractivity contribution in [3.8, 4) is 0 Å². The van der Waals surface area contributed by atoms with E-state index in [1.54, 1.807) is 0 Å². The fourth-order valence-electron chi connectivity index (χ4n) is 3.51. The summed E-state index contributed by atoms with van der Waals surface area (Å²) in [5.41, 5.74) is 1.49. The molecule has 0 bridgehead atoms. The summed E-state index contributed by atoms with van der Waals surface area (Å²) in [7, 11) is 4.39. The van der Waals surface area contributed by atoms with Gasteiger partial charge in [-0.15, -0.1) is 0 Å². The number of halogens is 2. The molecule has 0 atom stereocenters. The van der Waals surface area contributed by atoms with Gasteiger partial charge in [0.05, 0.1) is 10.0 Å². The molecule has 0 aliphatic carbocycles. The Morgan fingerprint density at radius 1 is 1.05 bits per heavy atom. The van der Waals surface area contributed by atoms with E-state index in [-0.39, 0.29) is 11.1 Å². The van der Waals surface area contributed by atoms with E-state index in [4.69, 9.17) is 23.2 Å². The van der Waals surface area contributed by atoms with E-state index in [9.17, 15) is 0 Å². The standard InChI is InChI=1S/C17H26Cl2N2/c1-16(2)10-13(11-17(3,4)21(16)6)20(5)12-7-8-14(18)15(19)9-12/h7-9,13H,10-11H2,1-6H3. The maximum atomic E-state index is 6.17. The molecule has 2 nitrogen and oxygen atoms in total. The Morgan fingerprint density at radius 2 is 1.57 bits per heavy atom. The minimum absolute atomic E-state index is 0.177. The molecule has 0 aromatic heterocycles. The van der Waals surface area contributed by atoms with Crippen LogP contribution in [0.1, 0.15) is 40.5 Å². The number of hydrogen-bond donors (Lipinski definition) is 0. The lowest BCUT2D eigenvalue weighted by molar-refractivity contribution is -0.0119. The van der Waals surface area contributed by atoms with Crippen LogP contribution in [0.2, 0.25) is 10.0 Å². The number of rotatable bonds is 2. The van der Waals surface area contributed by atoms with E-state index in [2.05, 4.69) is 51.6 Å². The summed E-state index contributed by atoms with van der Waals surface area (Å²) >= 11 is 12.2. The number of piperidine rings is 1. The van der Waals surface area contributed by atoms with Crippen LogP contribution >= 0.6 is 23.2 Å². The van der Waals surface area contributed by atoms with Crippen LogP contribution in [0.15, 0.2) is 18.2 Å². The van der Waals surface area contributed by atoms with E-state index in [1.165, 1.54) is 0 Å². The van der Waals surface area contributed by atoms with Crippen molar-refractivity contribution in [2.75, 3.05) is 19.0 Å². The van der Waals surface area contributed by atoms with Gasteiger partial charge in [-0.25, -0.2) is 0 Å². The van der Waals surface area contributed by atoms with Crippen LogP contribution in [0.3, 0.4) is 0 Å². The van der Waals surface area contributed by atoms with E-state index in [1.807, 2.05) is 18.2 Å². The molecule has 1 heterocycles. The lowest BCUT2D eigenvalue weighted by Crippen LogP contribution is -2.62. The van der Waals surface area contributed by atoms with Crippen LogP contribution < -0.4 is 4.90 Å². The van der Waals surface area contributed by atoms with Crippen LogP contribution in [0.4, 0.5) is 5.69 Å². The van der Waals surface area contributed by atoms with Gasteiger partial charge in [-0.05, 0) is 65.8 Å². The molecule has 21 heavy (non-hydrogen) atoms. The molecule has 1 fully saturated rings. The third kappa shape index (κ3) is 3.33. The molecule has 118 valence electrons. The number of nitrogens with zero attached hydrogens (tertiary/aromatic N) is 2. The average molecular weight is 329 g/mol. The summed E-state index contributed by atoms with van der Waals surface area (Å²) in [6, 6.07) is 6.37. The molecule has 0 unspecified atom stereocenters. The number of benzene rings is 1. The summed E-state index contributed by atoms with van der Waals surface area (Å²) in [5.74, 6) is 0. The van der Waals surface area contributed by atoms with Gasteiger partial charge in [0.2, 0.25) is 0 Å². The topological polar surface area (TPSA) is 6.48 Å². The Morgan fingerprint density at radius 3 is 2.05 bits per heavy atom. The molecular formula is C17H26Cl2N2. The van der Waals surface area contributed by atoms with Gasteiger partial charge in [-0.2, -0.15) is 0 Å². The molecule has 1 aromatic rings. The monoisotopic (exact) mass is 328 g/mol. The third-order valence-corrected chi connectivity index (χ3v) is 5.88. The first kappa shape index (κ1) is 16.9. The van der Waals surface area contributed by atoms with E-state index < -0.39 is 0 Å². The average Bonchev–Trinajstić information content (AvgIpc) is 2.37. The highest BCUT2D eigenvalue weighted by molar-refractivity contribution is 6.42. The van der Waals surface area contributed by atoms with E-state index in [0.717, 1.165) is 18.5 Å². The van der Waals surface area contributed by atoms with Gasteiger partial charge in [0.15, 0.2) is 0 Å². The quantitative estimate of drug-likeness (QED) is 0.746. The minimum Gasteiger partial charge on any atom is -0.371 e. The molecule has 0 radical (unpaired) electrons. The molecule has 0 spiro atoms. The van der Waals surface area contributed by atoms with Gasteiger partial charge in [0.25, 0.3) is 0 Å². The van der Waals surface area contributed by atoms with Gasteiger partial charge < -0.3 is 4.90 Å². The zero-order valence-electron chi connectivity index (χ0n) is 13.9. The predicted molar refractivity (Wildman–Crippen MR) is 93.8 cm³/mol. The van der Waals surface area contributed by atoms with Gasteiger partial charge >= 0.3 is 0 Å². The SMILES string of the molecule is CN(c1ccc(Cl)c(Cl)c1)C1CC(C)(C)N(C)C(C)(C)C1. The normalized spacial score (nSPS) is 22.3. The zero-order chi connectivity index (χ0) is 16.0. The maximum absolute atomic E-state index is 6.17. The molecule has 0 N–H and O–H groups in total. The molecule has 1 aliphatic heterocycles. The molecule has 4 heteroatoms. The van der Waals surface area contributed by atoms with Crippen molar-refractivity contribution in [2.24, 2.45) is 0 Å². The zero-order valence-corrected chi connectivity index (χ0v) is 15.4. The lowest BCUT2D eigenvalue weighted by Gasteiger charge is -2.55. The smallest absolute Gasteiger partial charge is 0.0612 e. The van der Waals surface area contributed by atoms with Crippen molar-refractivity contribution in [1.29, 1.82) is 0 Å². The van der Waals surface area contributed by atoms with E-state index >= 15 is 0 Å². The molecule has 2 rings (SSSR count). The summed E-state index contributed by atoms with van der Waals surface area (Å²) < 4.78 is 0. The van der Waals surface area contributed by atoms with Crippen LogP contribution in [0, 0.1) is 0 Å². The van der Waals surface area contributed by atoms with Gasteiger partial charge in [0, 0.05) is 29.9 Å². The van der Waals surface area contributed by atoms with Crippen molar-refractivity contribution in [3.63, 3.8) is 0 Å². The Balaban J connectivity index is 2.26. The summed E-state index contributed by atoms with van der Waals surface area (Å²) in [6.07, 6.45) is 2.26. The number of hydrogen-bond acceptors (Lipinski definition) is 2. The molecular weight excluding hydrogens is 303 g/mol. The maximum Gasteiger partial charge on any atom is 0.0612 e. The van der Waals surface area contributed by atoms with Crippen LogP contribution in [0.25, 0.3) is 0 Å². The molecule has 0 amide bonds. The lowest BCUT2D eigenvalue weighted by atomic mass is 9.77. The largest absolute Gasteiger partial charge is 0.371 e. The molecule has 1 aliphatic rings. The van der Waals surface area contributed by atoms with Crippen LogP contribution in [-0.2, 0) is 0 Å². The van der Waals surface area contributed by atoms with Crippen molar-refractivity contribution in [2.45, 2.75) is 57.7 Å². The van der Waals surface area contributed by atoms with Crippen LogP contribution in [-0.4, -0.2) is 36.1 Å². The van der Waals surface area contributed by atoms with Gasteiger partial charge in [0.1, 0.15) is 0 Å². The first-order chi connectivity index (χ1) is 9.54. The third-order valence-electron chi connectivity index (χ3n) is 5.14. The Hall–Kier alpha value is -0.440. The minimum atomic E-state index is 0.177. The Labute approximate surface area is 139 Å². The highest BCUT2D eigenvalue weighted by atomic mass is 35.5. The highest BCUT2D eigenvalue weighted by Gasteiger charge is 2.44. The Bertz CT molecular complexity index is 508. The van der Waals surface area contributed by atoms with E-state index in [0.29, 0.717) is 16.1 Å². The van der Waals surface area contributed by atoms with Crippen molar-refractivity contribution in [1.82, 2.24) is 4.90 Å². The summed E-state index contributed by atoms with van der Waals surface area (Å²) in [5, 5.41) is 1.23. The fraction of sp³-hybridized carbons (Fsp3) is 0.647. The first-order valence-electron chi connectivity index (χ1n) is 7.46.